The van der Waals surface area contributed by atoms with Gasteiger partial charge in [-0.05, 0) is 31.0 Å². The Morgan fingerprint density at radius 3 is 2.58 bits per heavy atom. The summed E-state index contributed by atoms with van der Waals surface area (Å²) in [4.78, 5) is 0. The first kappa shape index (κ1) is 14.5. The molecular formula is C12H13BrF3NO2. The third kappa shape index (κ3) is 4.58. The van der Waals surface area contributed by atoms with Crippen LogP contribution in [-0.4, -0.2) is 25.6 Å². The second kappa shape index (κ2) is 6.00. The van der Waals surface area contributed by atoms with E-state index >= 15 is 0 Å². The van der Waals surface area contributed by atoms with Gasteiger partial charge in [0.05, 0.1) is 5.69 Å². The van der Waals surface area contributed by atoms with Gasteiger partial charge >= 0.3 is 6.36 Å². The molecule has 1 heterocycles. The van der Waals surface area contributed by atoms with Crippen LogP contribution >= 0.6 is 15.9 Å². The standard InChI is InChI=1S/C12H13BrF3NO2/c13-8-1-2-11(19-12(14,15)16)10(7-8)17-9-3-5-18-6-4-9/h1-2,7,9,17H,3-6H2. The lowest BCUT2D eigenvalue weighted by Gasteiger charge is -2.25. The number of halogens is 4. The highest BCUT2D eigenvalue weighted by Gasteiger charge is 2.32. The summed E-state index contributed by atoms with van der Waals surface area (Å²) >= 11 is 3.24. The van der Waals surface area contributed by atoms with Crippen molar-refractivity contribution in [2.45, 2.75) is 25.2 Å². The first-order chi connectivity index (χ1) is 8.94. The Kier molecular flexibility index (Phi) is 4.57. The van der Waals surface area contributed by atoms with Crippen molar-refractivity contribution in [1.82, 2.24) is 0 Å². The van der Waals surface area contributed by atoms with E-state index in [1.54, 1.807) is 6.07 Å². The average molecular weight is 340 g/mol. The summed E-state index contributed by atoms with van der Waals surface area (Å²) in [6.07, 6.45) is -3.17. The summed E-state index contributed by atoms with van der Waals surface area (Å²) in [5.74, 6) is -0.220. The topological polar surface area (TPSA) is 30.5 Å². The van der Waals surface area contributed by atoms with E-state index in [4.69, 9.17) is 4.74 Å². The maximum absolute atomic E-state index is 12.3. The van der Waals surface area contributed by atoms with Gasteiger partial charge in [-0.3, -0.25) is 0 Å². The Hall–Kier alpha value is -0.950. The maximum atomic E-state index is 12.3. The predicted octanol–water partition coefficient (Wildman–Crippen LogP) is 3.94. The molecule has 1 saturated heterocycles. The second-order valence-electron chi connectivity index (χ2n) is 4.22. The minimum Gasteiger partial charge on any atom is -0.404 e. The first-order valence-electron chi connectivity index (χ1n) is 5.83. The van der Waals surface area contributed by atoms with E-state index in [0.717, 1.165) is 12.8 Å². The van der Waals surface area contributed by atoms with Crippen molar-refractivity contribution in [3.63, 3.8) is 0 Å². The third-order valence-electron chi connectivity index (χ3n) is 2.75. The zero-order valence-electron chi connectivity index (χ0n) is 9.97. The molecule has 1 aromatic rings. The lowest BCUT2D eigenvalue weighted by Crippen LogP contribution is -2.28. The fourth-order valence-electron chi connectivity index (χ4n) is 1.89. The number of alkyl halides is 3. The summed E-state index contributed by atoms with van der Waals surface area (Å²) in [6, 6.07) is 4.48. The molecule has 0 aliphatic carbocycles. The molecule has 0 bridgehead atoms. The Morgan fingerprint density at radius 2 is 1.95 bits per heavy atom. The third-order valence-corrected chi connectivity index (χ3v) is 3.24. The van der Waals surface area contributed by atoms with Crippen LogP contribution in [0.3, 0.4) is 0 Å². The van der Waals surface area contributed by atoms with Gasteiger partial charge < -0.3 is 14.8 Å². The van der Waals surface area contributed by atoms with Gasteiger partial charge in [0.15, 0.2) is 5.75 Å². The minimum absolute atomic E-state index is 0.0960. The Morgan fingerprint density at radius 1 is 1.26 bits per heavy atom. The van der Waals surface area contributed by atoms with E-state index < -0.39 is 6.36 Å². The van der Waals surface area contributed by atoms with Gasteiger partial charge in [0.1, 0.15) is 0 Å². The van der Waals surface area contributed by atoms with Crippen molar-refractivity contribution in [2.75, 3.05) is 18.5 Å². The van der Waals surface area contributed by atoms with Crippen molar-refractivity contribution in [3.05, 3.63) is 22.7 Å². The summed E-state index contributed by atoms with van der Waals surface area (Å²) in [7, 11) is 0. The van der Waals surface area contributed by atoms with Gasteiger partial charge in [-0.2, -0.15) is 0 Å². The van der Waals surface area contributed by atoms with E-state index in [1.807, 2.05) is 0 Å². The molecule has 0 amide bonds. The van der Waals surface area contributed by atoms with Gasteiger partial charge in [-0.15, -0.1) is 13.2 Å². The quantitative estimate of drug-likeness (QED) is 0.904. The number of benzene rings is 1. The molecule has 0 aromatic heterocycles. The van der Waals surface area contributed by atoms with Crippen molar-refractivity contribution < 1.29 is 22.6 Å². The van der Waals surface area contributed by atoms with E-state index in [0.29, 0.717) is 23.4 Å². The molecule has 1 aliphatic rings. The second-order valence-corrected chi connectivity index (χ2v) is 5.13. The number of nitrogens with one attached hydrogen (secondary N) is 1. The number of hydrogen-bond acceptors (Lipinski definition) is 3. The Balaban J connectivity index is 2.14. The summed E-state index contributed by atoms with van der Waals surface area (Å²) < 4.78 is 46.9. The number of rotatable bonds is 3. The molecule has 0 unspecified atom stereocenters. The normalized spacial score (nSPS) is 17.3. The number of hydrogen-bond donors (Lipinski definition) is 1. The van der Waals surface area contributed by atoms with Crippen LogP contribution in [0.4, 0.5) is 18.9 Å². The Bertz CT molecular complexity index is 433. The molecular weight excluding hydrogens is 327 g/mol. The van der Waals surface area contributed by atoms with Gasteiger partial charge in [0.2, 0.25) is 0 Å². The predicted molar refractivity (Wildman–Crippen MR) is 68.3 cm³/mol. The van der Waals surface area contributed by atoms with Crippen LogP contribution in [0.1, 0.15) is 12.8 Å². The Labute approximate surface area is 117 Å². The SMILES string of the molecule is FC(F)(F)Oc1ccc(Br)cc1NC1CCOCC1. The van der Waals surface area contributed by atoms with Crippen molar-refractivity contribution in [3.8, 4) is 5.75 Å². The number of ether oxygens (including phenoxy) is 2. The molecule has 1 aromatic carbocycles. The minimum atomic E-state index is -4.69. The van der Waals surface area contributed by atoms with Gasteiger partial charge in [0, 0.05) is 23.7 Å². The monoisotopic (exact) mass is 339 g/mol. The van der Waals surface area contributed by atoms with Crippen LogP contribution in [-0.2, 0) is 4.74 Å². The summed E-state index contributed by atoms with van der Waals surface area (Å²) in [5.41, 5.74) is 0.332. The van der Waals surface area contributed by atoms with Crippen LogP contribution in [0.2, 0.25) is 0 Å². The van der Waals surface area contributed by atoms with E-state index in [2.05, 4.69) is 26.0 Å². The molecule has 2 rings (SSSR count). The highest BCUT2D eigenvalue weighted by Crippen LogP contribution is 2.33. The fourth-order valence-corrected chi connectivity index (χ4v) is 2.25. The van der Waals surface area contributed by atoms with Crippen LogP contribution in [0.15, 0.2) is 22.7 Å². The zero-order valence-corrected chi connectivity index (χ0v) is 11.6. The molecule has 7 heteroatoms. The molecule has 0 spiro atoms. The van der Waals surface area contributed by atoms with Gasteiger partial charge in [-0.25, -0.2) is 0 Å². The molecule has 0 atom stereocenters. The van der Waals surface area contributed by atoms with E-state index in [-0.39, 0.29) is 11.8 Å². The zero-order chi connectivity index (χ0) is 13.9. The molecule has 1 N–H and O–H groups in total. The molecule has 1 fully saturated rings. The lowest BCUT2D eigenvalue weighted by molar-refractivity contribution is -0.274. The molecule has 1 aliphatic heterocycles. The molecule has 106 valence electrons. The molecule has 0 radical (unpaired) electrons. The van der Waals surface area contributed by atoms with Crippen molar-refractivity contribution in [1.29, 1.82) is 0 Å². The van der Waals surface area contributed by atoms with Gasteiger partial charge in [0.25, 0.3) is 0 Å². The van der Waals surface area contributed by atoms with E-state index in [9.17, 15) is 13.2 Å². The average Bonchev–Trinajstić information content (AvgIpc) is 2.32. The molecule has 0 saturated carbocycles. The smallest absolute Gasteiger partial charge is 0.404 e. The lowest BCUT2D eigenvalue weighted by atomic mass is 10.1. The van der Waals surface area contributed by atoms with Crippen LogP contribution in [0, 0.1) is 0 Å². The van der Waals surface area contributed by atoms with Crippen molar-refractivity contribution >= 4 is 21.6 Å². The van der Waals surface area contributed by atoms with E-state index in [1.165, 1.54) is 12.1 Å². The summed E-state index contributed by atoms with van der Waals surface area (Å²) in [5, 5.41) is 3.08. The van der Waals surface area contributed by atoms with Gasteiger partial charge in [-0.1, -0.05) is 15.9 Å². The van der Waals surface area contributed by atoms with Crippen molar-refractivity contribution in [2.24, 2.45) is 0 Å². The maximum Gasteiger partial charge on any atom is 0.573 e. The van der Waals surface area contributed by atoms with Crippen LogP contribution in [0.5, 0.6) is 5.75 Å². The van der Waals surface area contributed by atoms with Crippen LogP contribution in [0.25, 0.3) is 0 Å². The molecule has 3 nitrogen and oxygen atoms in total. The van der Waals surface area contributed by atoms with Crippen LogP contribution < -0.4 is 10.1 Å². The fraction of sp³-hybridized carbons (Fsp3) is 0.500. The number of anilines is 1. The first-order valence-corrected chi connectivity index (χ1v) is 6.63. The molecule has 19 heavy (non-hydrogen) atoms. The largest absolute Gasteiger partial charge is 0.573 e. The highest BCUT2D eigenvalue weighted by molar-refractivity contribution is 9.10. The summed E-state index contributed by atoms with van der Waals surface area (Å²) in [6.45, 7) is 1.22. The highest BCUT2D eigenvalue weighted by atomic mass is 79.9.